The summed E-state index contributed by atoms with van der Waals surface area (Å²) in [4.78, 5) is 15.1. The van der Waals surface area contributed by atoms with Crippen molar-refractivity contribution in [3.05, 3.63) is 108 Å². The van der Waals surface area contributed by atoms with Crippen LogP contribution in [0.15, 0.2) is 91.0 Å². The zero-order valence-corrected chi connectivity index (χ0v) is 18.4. The molecule has 0 spiro atoms. The summed E-state index contributed by atoms with van der Waals surface area (Å²) < 4.78 is 0. The molecule has 4 heteroatoms. The van der Waals surface area contributed by atoms with Crippen molar-refractivity contribution in [2.75, 3.05) is 19.6 Å². The second-order valence-electron chi connectivity index (χ2n) is 8.69. The van der Waals surface area contributed by atoms with Gasteiger partial charge in [-0.3, -0.25) is 9.69 Å². The van der Waals surface area contributed by atoms with Crippen LogP contribution >= 0.6 is 0 Å². The van der Waals surface area contributed by atoms with Gasteiger partial charge in [0, 0.05) is 0 Å². The van der Waals surface area contributed by atoms with Gasteiger partial charge in [0.15, 0.2) is 0 Å². The molecule has 1 fully saturated rings. The number of aliphatic hydroxyl groups excluding tert-OH is 1. The van der Waals surface area contributed by atoms with E-state index in [1.165, 1.54) is 5.56 Å². The van der Waals surface area contributed by atoms with Crippen LogP contribution < -0.4 is 5.32 Å². The summed E-state index contributed by atoms with van der Waals surface area (Å²) >= 11 is 0. The summed E-state index contributed by atoms with van der Waals surface area (Å²) in [6, 6.07) is 30.3. The number of benzene rings is 3. The third kappa shape index (κ3) is 6.06. The molecule has 1 aliphatic heterocycles. The molecule has 3 aromatic carbocycles. The number of hydrogen-bond acceptors (Lipinski definition) is 3. The highest BCUT2D eigenvalue weighted by molar-refractivity contribution is 5.78. The molecule has 4 nitrogen and oxygen atoms in total. The maximum Gasteiger partial charge on any atom is 0.234 e. The number of nitrogens with zero attached hydrogens (tertiary/aromatic N) is 1. The third-order valence-corrected chi connectivity index (χ3v) is 6.41. The molecule has 0 aromatic heterocycles. The van der Waals surface area contributed by atoms with E-state index < -0.39 is 6.10 Å². The van der Waals surface area contributed by atoms with Crippen molar-refractivity contribution in [2.45, 2.75) is 31.4 Å². The minimum absolute atomic E-state index is 0.0523. The molecule has 2 atom stereocenters. The van der Waals surface area contributed by atoms with Crippen molar-refractivity contribution in [1.82, 2.24) is 10.2 Å². The summed E-state index contributed by atoms with van der Waals surface area (Å²) in [5, 5.41) is 14.0. The van der Waals surface area contributed by atoms with Crippen LogP contribution in [0.1, 0.15) is 41.7 Å². The van der Waals surface area contributed by atoms with E-state index in [0.717, 1.165) is 43.5 Å². The monoisotopic (exact) mass is 428 g/mol. The lowest BCUT2D eigenvalue weighted by Gasteiger charge is -2.34. The fourth-order valence-electron chi connectivity index (χ4n) is 4.58. The van der Waals surface area contributed by atoms with Gasteiger partial charge in [-0.2, -0.15) is 0 Å². The second-order valence-corrected chi connectivity index (χ2v) is 8.69. The molecule has 0 aliphatic carbocycles. The molecule has 0 unspecified atom stereocenters. The molecule has 1 aliphatic rings. The van der Waals surface area contributed by atoms with Gasteiger partial charge in [-0.1, -0.05) is 91.0 Å². The number of hydrogen-bond donors (Lipinski definition) is 2. The Hall–Kier alpha value is -2.95. The zero-order valence-electron chi connectivity index (χ0n) is 18.4. The van der Waals surface area contributed by atoms with Gasteiger partial charge in [0.1, 0.15) is 0 Å². The summed E-state index contributed by atoms with van der Waals surface area (Å²) in [6.07, 6.45) is 2.13. The average Bonchev–Trinajstić information content (AvgIpc) is 2.85. The smallest absolute Gasteiger partial charge is 0.234 e. The van der Waals surface area contributed by atoms with E-state index in [-0.39, 0.29) is 17.9 Å². The number of aliphatic hydroxyl groups is 1. The van der Waals surface area contributed by atoms with E-state index in [2.05, 4.69) is 34.5 Å². The lowest BCUT2D eigenvalue weighted by molar-refractivity contribution is -0.123. The number of likely N-dealkylation sites (tertiary alicyclic amines) is 1. The highest BCUT2D eigenvalue weighted by atomic mass is 16.3. The standard InChI is InChI=1S/C28H32N2O2/c31-27(21-30-18-16-25(17-19-30)28(32)24-14-8-3-9-15-24)29-26(23-12-6-2-7-13-23)20-22-10-4-1-5-11-22/h1-15,25-26,28,32H,16-21H2,(H,29,31)/t26-,28-/m0/s1. The van der Waals surface area contributed by atoms with Crippen molar-refractivity contribution < 1.29 is 9.90 Å². The van der Waals surface area contributed by atoms with Gasteiger partial charge >= 0.3 is 0 Å². The highest BCUT2D eigenvalue weighted by Gasteiger charge is 2.27. The van der Waals surface area contributed by atoms with Crippen molar-refractivity contribution in [1.29, 1.82) is 0 Å². The van der Waals surface area contributed by atoms with Gasteiger partial charge in [-0.25, -0.2) is 0 Å². The summed E-state index contributed by atoms with van der Waals surface area (Å²) in [5.74, 6) is 0.295. The molecular formula is C28H32N2O2. The lowest BCUT2D eigenvalue weighted by Crippen LogP contribution is -2.43. The van der Waals surface area contributed by atoms with Crippen LogP contribution in [-0.2, 0) is 11.2 Å². The molecule has 3 aromatic rings. The average molecular weight is 429 g/mol. The van der Waals surface area contributed by atoms with Crippen LogP contribution in [0.5, 0.6) is 0 Å². The predicted octanol–water partition coefficient (Wildman–Crippen LogP) is 4.53. The maximum atomic E-state index is 12.9. The molecule has 4 rings (SSSR count). The first-order valence-corrected chi connectivity index (χ1v) is 11.5. The molecule has 0 radical (unpaired) electrons. The van der Waals surface area contributed by atoms with Crippen LogP contribution in [0.25, 0.3) is 0 Å². The molecule has 32 heavy (non-hydrogen) atoms. The second kappa shape index (κ2) is 11.1. The number of carbonyl (C=O) groups excluding carboxylic acids is 1. The third-order valence-electron chi connectivity index (χ3n) is 6.41. The Labute approximate surface area is 190 Å². The van der Waals surface area contributed by atoms with Gasteiger partial charge < -0.3 is 10.4 Å². The number of amides is 1. The van der Waals surface area contributed by atoms with Gasteiger partial charge in [0.2, 0.25) is 5.91 Å². The van der Waals surface area contributed by atoms with E-state index in [9.17, 15) is 9.90 Å². The Morgan fingerprint density at radius 1 is 0.844 bits per heavy atom. The molecule has 1 saturated heterocycles. The van der Waals surface area contributed by atoms with E-state index in [4.69, 9.17) is 0 Å². The summed E-state index contributed by atoms with van der Waals surface area (Å²) in [5.41, 5.74) is 3.31. The Morgan fingerprint density at radius 3 is 1.97 bits per heavy atom. The van der Waals surface area contributed by atoms with Crippen LogP contribution in [0.2, 0.25) is 0 Å². The van der Waals surface area contributed by atoms with Crippen LogP contribution in [0, 0.1) is 5.92 Å². The van der Waals surface area contributed by atoms with E-state index in [1.807, 2.05) is 66.7 Å². The Kier molecular flexibility index (Phi) is 7.70. The van der Waals surface area contributed by atoms with Gasteiger partial charge in [0.25, 0.3) is 0 Å². The molecule has 1 amide bonds. The van der Waals surface area contributed by atoms with Gasteiger partial charge in [0.05, 0.1) is 18.7 Å². The van der Waals surface area contributed by atoms with E-state index in [0.29, 0.717) is 6.54 Å². The molecule has 2 N–H and O–H groups in total. The number of piperidine rings is 1. The molecule has 0 bridgehead atoms. The molecule has 0 saturated carbocycles. The molecule has 166 valence electrons. The Balaban J connectivity index is 1.32. The molecule has 1 heterocycles. The largest absolute Gasteiger partial charge is 0.388 e. The van der Waals surface area contributed by atoms with Crippen molar-refractivity contribution >= 4 is 5.91 Å². The van der Waals surface area contributed by atoms with Gasteiger partial charge in [-0.05, 0) is 55.0 Å². The van der Waals surface area contributed by atoms with E-state index in [1.54, 1.807) is 0 Å². The lowest BCUT2D eigenvalue weighted by atomic mass is 9.87. The van der Waals surface area contributed by atoms with Crippen molar-refractivity contribution in [3.8, 4) is 0 Å². The zero-order chi connectivity index (χ0) is 22.2. The van der Waals surface area contributed by atoms with E-state index >= 15 is 0 Å². The number of nitrogens with one attached hydrogen (secondary N) is 1. The number of carbonyl (C=O) groups is 1. The minimum atomic E-state index is -0.430. The minimum Gasteiger partial charge on any atom is -0.388 e. The van der Waals surface area contributed by atoms with Crippen LogP contribution in [0.3, 0.4) is 0 Å². The van der Waals surface area contributed by atoms with Gasteiger partial charge in [-0.15, -0.1) is 0 Å². The summed E-state index contributed by atoms with van der Waals surface area (Å²) in [7, 11) is 0. The highest BCUT2D eigenvalue weighted by Crippen LogP contribution is 2.30. The fourth-order valence-corrected chi connectivity index (χ4v) is 4.58. The normalized spacial score (nSPS) is 16.9. The maximum absolute atomic E-state index is 12.9. The predicted molar refractivity (Wildman–Crippen MR) is 128 cm³/mol. The number of rotatable bonds is 8. The van der Waals surface area contributed by atoms with Crippen LogP contribution in [-0.4, -0.2) is 35.5 Å². The Morgan fingerprint density at radius 2 is 1.38 bits per heavy atom. The molecular weight excluding hydrogens is 396 g/mol. The fraction of sp³-hybridized carbons (Fsp3) is 0.321. The topological polar surface area (TPSA) is 52.6 Å². The first-order chi connectivity index (χ1) is 15.7. The summed E-state index contributed by atoms with van der Waals surface area (Å²) in [6.45, 7) is 2.06. The Bertz CT molecular complexity index is 954. The SMILES string of the molecule is O=C(CN1CCC([C@@H](O)c2ccccc2)CC1)N[C@@H](Cc1ccccc1)c1ccccc1. The first-order valence-electron chi connectivity index (χ1n) is 11.5. The quantitative estimate of drug-likeness (QED) is 0.554. The first kappa shape index (κ1) is 22.3. The van der Waals surface area contributed by atoms with Crippen molar-refractivity contribution in [3.63, 3.8) is 0 Å². The van der Waals surface area contributed by atoms with Crippen LogP contribution in [0.4, 0.5) is 0 Å². The van der Waals surface area contributed by atoms with Crippen molar-refractivity contribution in [2.24, 2.45) is 5.92 Å².